The van der Waals surface area contributed by atoms with Crippen molar-refractivity contribution in [2.45, 2.75) is 32.2 Å². The Morgan fingerprint density at radius 1 is 1.12 bits per heavy atom. The zero-order valence-corrected chi connectivity index (χ0v) is 16.9. The van der Waals surface area contributed by atoms with Crippen LogP contribution in [0.5, 0.6) is 0 Å². The Hall–Kier alpha value is -1.69. The van der Waals surface area contributed by atoms with Crippen LogP contribution in [0.15, 0.2) is 46.9 Å². The molecule has 0 atom stereocenters. The van der Waals surface area contributed by atoms with Crippen LogP contribution >= 0.6 is 15.9 Å². The number of ether oxygens (including phenoxy) is 1. The van der Waals surface area contributed by atoms with Gasteiger partial charge in [0, 0.05) is 28.9 Å². The number of anilines is 1. The van der Waals surface area contributed by atoms with Gasteiger partial charge in [0.15, 0.2) is 0 Å². The molecule has 5 heteroatoms. The number of halogens is 1. The number of hydrogen-bond donors (Lipinski definition) is 2. The minimum Gasteiger partial charge on any atom is -0.381 e. The molecule has 1 fully saturated rings. The van der Waals surface area contributed by atoms with E-state index >= 15 is 0 Å². The van der Waals surface area contributed by atoms with Gasteiger partial charge in [0.1, 0.15) is 0 Å². The van der Waals surface area contributed by atoms with Crippen molar-refractivity contribution in [2.75, 3.05) is 25.1 Å². The van der Waals surface area contributed by atoms with E-state index in [0.29, 0.717) is 13.2 Å². The Morgan fingerprint density at radius 2 is 1.81 bits per heavy atom. The number of aryl methyl sites for hydroxylation is 2. The number of hydrogen-bond acceptors (Lipinski definition) is 3. The van der Waals surface area contributed by atoms with E-state index < -0.39 is 0 Å². The van der Waals surface area contributed by atoms with Crippen molar-refractivity contribution in [3.05, 3.63) is 63.6 Å². The molecule has 0 unspecified atom stereocenters. The summed E-state index contributed by atoms with van der Waals surface area (Å²) in [4.78, 5) is 12.5. The third-order valence-electron chi connectivity index (χ3n) is 4.82. The number of benzene rings is 2. The predicted molar refractivity (Wildman–Crippen MR) is 108 cm³/mol. The van der Waals surface area contributed by atoms with Crippen molar-refractivity contribution < 1.29 is 9.53 Å². The van der Waals surface area contributed by atoms with E-state index in [2.05, 4.69) is 44.8 Å². The van der Waals surface area contributed by atoms with Gasteiger partial charge in [-0.25, -0.2) is 0 Å². The van der Waals surface area contributed by atoms with E-state index in [0.717, 1.165) is 34.1 Å². The van der Waals surface area contributed by atoms with Crippen LogP contribution in [0.3, 0.4) is 0 Å². The highest BCUT2D eigenvalue weighted by Gasteiger charge is 2.34. The first-order valence-electron chi connectivity index (χ1n) is 8.94. The first-order chi connectivity index (χ1) is 12.5. The molecule has 0 bridgehead atoms. The van der Waals surface area contributed by atoms with Crippen molar-refractivity contribution in [3.63, 3.8) is 0 Å². The molecule has 2 aromatic rings. The zero-order chi connectivity index (χ0) is 18.6. The van der Waals surface area contributed by atoms with Crippen LogP contribution in [0, 0.1) is 13.8 Å². The van der Waals surface area contributed by atoms with Crippen molar-refractivity contribution in [2.24, 2.45) is 0 Å². The molecule has 0 radical (unpaired) electrons. The van der Waals surface area contributed by atoms with Gasteiger partial charge in [0.25, 0.3) is 0 Å². The summed E-state index contributed by atoms with van der Waals surface area (Å²) >= 11 is 3.55. The van der Waals surface area contributed by atoms with Crippen LogP contribution in [0.4, 0.5) is 5.69 Å². The average Bonchev–Trinajstić information content (AvgIpc) is 2.60. The van der Waals surface area contributed by atoms with Gasteiger partial charge in [-0.05, 0) is 67.6 Å². The van der Waals surface area contributed by atoms with Crippen LogP contribution in [-0.4, -0.2) is 25.7 Å². The van der Waals surface area contributed by atoms with Crippen LogP contribution in [-0.2, 0) is 15.1 Å². The molecule has 1 amide bonds. The maximum absolute atomic E-state index is 12.5. The molecule has 26 heavy (non-hydrogen) atoms. The van der Waals surface area contributed by atoms with E-state index in [1.807, 2.05) is 38.1 Å². The molecule has 3 rings (SSSR count). The highest BCUT2D eigenvalue weighted by atomic mass is 79.9. The predicted octanol–water partition coefficient (Wildman–Crippen LogP) is 4.30. The van der Waals surface area contributed by atoms with Crippen molar-refractivity contribution in [1.82, 2.24) is 5.32 Å². The van der Waals surface area contributed by atoms with Gasteiger partial charge in [0.2, 0.25) is 5.91 Å². The molecule has 1 saturated heterocycles. The number of amides is 1. The summed E-state index contributed by atoms with van der Waals surface area (Å²) in [5, 5.41) is 6.52. The van der Waals surface area contributed by atoms with Crippen molar-refractivity contribution in [1.29, 1.82) is 0 Å². The van der Waals surface area contributed by atoms with Gasteiger partial charge < -0.3 is 10.1 Å². The Morgan fingerprint density at radius 3 is 2.46 bits per heavy atom. The topological polar surface area (TPSA) is 50.4 Å². The van der Waals surface area contributed by atoms with E-state index in [9.17, 15) is 4.79 Å². The monoisotopic (exact) mass is 416 g/mol. The largest absolute Gasteiger partial charge is 0.381 e. The highest BCUT2D eigenvalue weighted by Crippen LogP contribution is 2.33. The van der Waals surface area contributed by atoms with E-state index in [4.69, 9.17) is 4.74 Å². The third-order valence-corrected chi connectivity index (χ3v) is 5.31. The molecular weight excluding hydrogens is 392 g/mol. The summed E-state index contributed by atoms with van der Waals surface area (Å²) < 4.78 is 6.60. The minimum atomic E-state index is -0.234. The number of carbonyl (C=O) groups excluding carboxylic acids is 1. The second kappa shape index (κ2) is 8.33. The number of carbonyl (C=O) groups is 1. The maximum atomic E-state index is 12.5. The fraction of sp³-hybridized carbons (Fsp3) is 0.381. The fourth-order valence-electron chi connectivity index (χ4n) is 3.58. The average molecular weight is 417 g/mol. The lowest BCUT2D eigenvalue weighted by Crippen LogP contribution is -2.49. The van der Waals surface area contributed by atoms with Crippen LogP contribution in [0.1, 0.15) is 29.5 Å². The Bertz CT molecular complexity index is 765. The molecular formula is C21H25BrN2O2. The maximum Gasteiger partial charge on any atom is 0.238 e. The molecule has 1 aliphatic rings. The Kier molecular flexibility index (Phi) is 6.12. The summed E-state index contributed by atoms with van der Waals surface area (Å²) in [6, 6.07) is 14.4. The Balaban J connectivity index is 1.70. The molecule has 0 saturated carbocycles. The molecule has 138 valence electrons. The van der Waals surface area contributed by atoms with Gasteiger partial charge >= 0.3 is 0 Å². The lowest BCUT2D eigenvalue weighted by Gasteiger charge is -2.38. The highest BCUT2D eigenvalue weighted by molar-refractivity contribution is 9.10. The molecule has 0 aliphatic carbocycles. The van der Waals surface area contributed by atoms with Crippen LogP contribution in [0.2, 0.25) is 0 Å². The number of rotatable bonds is 5. The van der Waals surface area contributed by atoms with Gasteiger partial charge in [-0.1, -0.05) is 34.1 Å². The zero-order valence-electron chi connectivity index (χ0n) is 15.3. The molecule has 0 spiro atoms. The molecule has 1 heterocycles. The third kappa shape index (κ3) is 4.72. The van der Waals surface area contributed by atoms with Gasteiger partial charge in [-0.3, -0.25) is 10.1 Å². The summed E-state index contributed by atoms with van der Waals surface area (Å²) in [6.07, 6.45) is 1.70. The lowest BCUT2D eigenvalue weighted by atomic mass is 9.82. The summed E-state index contributed by atoms with van der Waals surface area (Å²) in [6.45, 7) is 5.71. The smallest absolute Gasteiger partial charge is 0.238 e. The molecule has 0 aromatic heterocycles. The molecule has 2 aromatic carbocycles. The van der Waals surface area contributed by atoms with E-state index in [1.54, 1.807) is 0 Å². The molecule has 1 aliphatic heterocycles. The quantitative estimate of drug-likeness (QED) is 0.763. The van der Waals surface area contributed by atoms with Crippen LogP contribution < -0.4 is 10.6 Å². The fourth-order valence-corrected chi connectivity index (χ4v) is 3.97. The van der Waals surface area contributed by atoms with E-state index in [1.165, 1.54) is 5.56 Å². The standard InChI is InChI=1S/C21H25BrN2O2/c1-15-10-16(2)12-19(11-15)24-20(25)14-23-21(6-8-26-9-7-21)17-4-3-5-18(22)13-17/h3-5,10-13,23H,6-9,14H2,1-2H3,(H,24,25). The van der Waals surface area contributed by atoms with Crippen molar-refractivity contribution in [3.8, 4) is 0 Å². The number of nitrogens with one attached hydrogen (secondary N) is 2. The van der Waals surface area contributed by atoms with Crippen LogP contribution in [0.25, 0.3) is 0 Å². The molecule has 2 N–H and O–H groups in total. The van der Waals surface area contributed by atoms with Gasteiger partial charge in [-0.15, -0.1) is 0 Å². The van der Waals surface area contributed by atoms with Gasteiger partial charge in [-0.2, -0.15) is 0 Å². The SMILES string of the molecule is Cc1cc(C)cc(NC(=O)CNC2(c3cccc(Br)c3)CCOCC2)c1. The molecule has 4 nitrogen and oxygen atoms in total. The first-order valence-corrected chi connectivity index (χ1v) is 9.73. The second-order valence-electron chi connectivity index (χ2n) is 6.98. The van der Waals surface area contributed by atoms with Crippen molar-refractivity contribution >= 4 is 27.5 Å². The van der Waals surface area contributed by atoms with Gasteiger partial charge in [0.05, 0.1) is 6.54 Å². The summed E-state index contributed by atoms with van der Waals surface area (Å²) in [7, 11) is 0. The first kappa shape index (κ1) is 19.1. The normalized spacial score (nSPS) is 16.3. The lowest BCUT2D eigenvalue weighted by molar-refractivity contribution is -0.116. The minimum absolute atomic E-state index is 0.0316. The summed E-state index contributed by atoms with van der Waals surface area (Å²) in [5.41, 5.74) is 4.08. The Labute approximate surface area is 163 Å². The second-order valence-corrected chi connectivity index (χ2v) is 7.90. The van der Waals surface area contributed by atoms with E-state index in [-0.39, 0.29) is 18.0 Å². The summed E-state index contributed by atoms with van der Waals surface area (Å²) in [5.74, 6) is -0.0316.